The number of aliphatic imine (C=N–C) groups is 1. The van der Waals surface area contributed by atoms with E-state index in [1.807, 2.05) is 42.5 Å². The predicted molar refractivity (Wildman–Crippen MR) is 99.7 cm³/mol. The fourth-order valence-corrected chi connectivity index (χ4v) is 2.48. The molecule has 5 heteroatoms. The molecule has 1 aliphatic heterocycles. The zero-order chi connectivity index (χ0) is 15.2. The molecule has 0 radical (unpaired) electrons. The summed E-state index contributed by atoms with van der Waals surface area (Å²) in [4.78, 5) is 6.75. The maximum Gasteiger partial charge on any atom is 0.194 e. The number of hydrogen-bond donors (Lipinski definition) is 1. The van der Waals surface area contributed by atoms with Gasteiger partial charge in [0.05, 0.1) is 6.54 Å². The lowest BCUT2D eigenvalue weighted by Gasteiger charge is -2.19. The number of guanidine groups is 1. The Morgan fingerprint density at radius 2 is 1.87 bits per heavy atom. The van der Waals surface area contributed by atoms with E-state index in [1.54, 1.807) is 0 Å². The standard InChI is InChI=1S/C18H21N3O.BrH/c1-2-21-12-11-19-18(21)20-14-15-7-6-10-17(13-15)22-16-8-4-3-5-9-16;/h3-10,13H,2,11-12,14H2,1H3,(H,19,20);1H. The molecule has 0 spiro atoms. The van der Waals surface area contributed by atoms with Gasteiger partial charge in [-0.25, -0.2) is 0 Å². The minimum Gasteiger partial charge on any atom is -0.457 e. The second kappa shape index (κ2) is 8.58. The molecule has 0 unspecified atom stereocenters. The van der Waals surface area contributed by atoms with E-state index in [9.17, 15) is 0 Å². The molecular weight excluding hydrogens is 354 g/mol. The SMILES string of the molecule is Br.CCN1CCN=C1NCc1cccc(Oc2ccccc2)c1. The molecule has 0 bridgehead atoms. The average molecular weight is 376 g/mol. The molecule has 2 aromatic rings. The van der Waals surface area contributed by atoms with Crippen LogP contribution >= 0.6 is 17.0 Å². The van der Waals surface area contributed by atoms with Gasteiger partial charge in [0, 0.05) is 19.6 Å². The third kappa shape index (κ3) is 4.73. The smallest absolute Gasteiger partial charge is 0.194 e. The van der Waals surface area contributed by atoms with E-state index in [4.69, 9.17) is 4.74 Å². The first-order valence-corrected chi connectivity index (χ1v) is 7.70. The summed E-state index contributed by atoms with van der Waals surface area (Å²) in [5.74, 6) is 2.70. The van der Waals surface area contributed by atoms with Crippen molar-refractivity contribution in [1.29, 1.82) is 0 Å². The van der Waals surface area contributed by atoms with E-state index in [1.165, 1.54) is 5.56 Å². The summed E-state index contributed by atoms with van der Waals surface area (Å²) < 4.78 is 5.86. The number of nitrogens with one attached hydrogen (secondary N) is 1. The highest BCUT2D eigenvalue weighted by Gasteiger charge is 2.14. The van der Waals surface area contributed by atoms with Crippen molar-refractivity contribution in [3.63, 3.8) is 0 Å². The van der Waals surface area contributed by atoms with E-state index < -0.39 is 0 Å². The minimum atomic E-state index is 0. The number of hydrogen-bond acceptors (Lipinski definition) is 4. The van der Waals surface area contributed by atoms with Crippen LogP contribution in [-0.2, 0) is 6.54 Å². The summed E-state index contributed by atoms with van der Waals surface area (Å²) in [6.07, 6.45) is 0. The monoisotopic (exact) mass is 375 g/mol. The summed E-state index contributed by atoms with van der Waals surface area (Å²) in [5, 5.41) is 3.41. The van der Waals surface area contributed by atoms with Crippen LogP contribution in [0.25, 0.3) is 0 Å². The highest BCUT2D eigenvalue weighted by molar-refractivity contribution is 8.93. The van der Waals surface area contributed by atoms with E-state index >= 15 is 0 Å². The fraction of sp³-hybridized carbons (Fsp3) is 0.278. The van der Waals surface area contributed by atoms with Gasteiger partial charge in [-0.2, -0.15) is 0 Å². The lowest BCUT2D eigenvalue weighted by Crippen LogP contribution is -2.37. The van der Waals surface area contributed by atoms with Crippen LogP contribution < -0.4 is 10.1 Å². The van der Waals surface area contributed by atoms with Crippen molar-refractivity contribution in [2.75, 3.05) is 19.6 Å². The van der Waals surface area contributed by atoms with Crippen molar-refractivity contribution in [3.8, 4) is 11.5 Å². The molecule has 0 aliphatic carbocycles. The Morgan fingerprint density at radius 1 is 1.09 bits per heavy atom. The van der Waals surface area contributed by atoms with Gasteiger partial charge < -0.3 is 15.0 Å². The van der Waals surface area contributed by atoms with E-state index in [-0.39, 0.29) is 17.0 Å². The van der Waals surface area contributed by atoms with Gasteiger partial charge in [0.2, 0.25) is 0 Å². The quantitative estimate of drug-likeness (QED) is 0.862. The Bertz CT molecular complexity index is 646. The zero-order valence-electron chi connectivity index (χ0n) is 13.2. The Labute approximate surface area is 148 Å². The Hall–Kier alpha value is -2.01. The van der Waals surface area contributed by atoms with Gasteiger partial charge in [-0.1, -0.05) is 30.3 Å². The maximum atomic E-state index is 5.86. The van der Waals surface area contributed by atoms with Crippen molar-refractivity contribution < 1.29 is 4.74 Å². The van der Waals surface area contributed by atoms with Gasteiger partial charge in [-0.3, -0.25) is 4.99 Å². The van der Waals surface area contributed by atoms with Crippen LogP contribution in [0.2, 0.25) is 0 Å². The molecule has 0 saturated heterocycles. The van der Waals surface area contributed by atoms with Crippen molar-refractivity contribution in [2.24, 2.45) is 4.99 Å². The zero-order valence-corrected chi connectivity index (χ0v) is 14.9. The molecule has 1 N–H and O–H groups in total. The van der Waals surface area contributed by atoms with Gasteiger partial charge in [0.1, 0.15) is 11.5 Å². The lowest BCUT2D eigenvalue weighted by molar-refractivity contribution is 0.465. The summed E-state index contributed by atoms with van der Waals surface area (Å²) in [5.41, 5.74) is 1.18. The highest BCUT2D eigenvalue weighted by Crippen LogP contribution is 2.21. The number of nitrogens with zero attached hydrogens (tertiary/aromatic N) is 2. The average Bonchev–Trinajstić information content (AvgIpc) is 3.02. The largest absolute Gasteiger partial charge is 0.457 e. The third-order valence-corrected chi connectivity index (χ3v) is 3.64. The molecule has 23 heavy (non-hydrogen) atoms. The molecule has 1 heterocycles. The summed E-state index contributed by atoms with van der Waals surface area (Å²) >= 11 is 0. The third-order valence-electron chi connectivity index (χ3n) is 3.64. The summed E-state index contributed by atoms with van der Waals surface area (Å²) in [6, 6.07) is 18.0. The maximum absolute atomic E-state index is 5.86. The van der Waals surface area contributed by atoms with E-state index in [0.29, 0.717) is 0 Å². The molecule has 0 saturated carbocycles. The number of rotatable bonds is 5. The second-order valence-corrected chi connectivity index (χ2v) is 5.20. The van der Waals surface area contributed by atoms with Gasteiger partial charge in [-0.05, 0) is 36.8 Å². The molecule has 122 valence electrons. The topological polar surface area (TPSA) is 36.9 Å². The van der Waals surface area contributed by atoms with Crippen LogP contribution in [0.3, 0.4) is 0 Å². The highest BCUT2D eigenvalue weighted by atomic mass is 79.9. The normalized spacial score (nSPS) is 13.3. The minimum absolute atomic E-state index is 0. The lowest BCUT2D eigenvalue weighted by atomic mass is 10.2. The molecule has 0 amide bonds. The van der Waals surface area contributed by atoms with Gasteiger partial charge in [-0.15, -0.1) is 17.0 Å². The molecule has 3 rings (SSSR count). The number of ether oxygens (including phenoxy) is 1. The van der Waals surface area contributed by atoms with Crippen molar-refractivity contribution in [2.45, 2.75) is 13.5 Å². The van der Waals surface area contributed by atoms with Crippen LogP contribution in [0.15, 0.2) is 59.6 Å². The summed E-state index contributed by atoms with van der Waals surface area (Å²) in [6.45, 7) is 5.78. The molecule has 2 aromatic carbocycles. The van der Waals surface area contributed by atoms with Crippen LogP contribution in [0.5, 0.6) is 11.5 Å². The van der Waals surface area contributed by atoms with Crippen LogP contribution in [0.4, 0.5) is 0 Å². The first-order chi connectivity index (χ1) is 10.8. The van der Waals surface area contributed by atoms with Crippen molar-refractivity contribution in [1.82, 2.24) is 10.2 Å². The van der Waals surface area contributed by atoms with E-state index in [0.717, 1.165) is 43.6 Å². The fourth-order valence-electron chi connectivity index (χ4n) is 2.48. The first-order valence-electron chi connectivity index (χ1n) is 7.70. The van der Waals surface area contributed by atoms with E-state index in [2.05, 4.69) is 34.3 Å². The molecule has 0 fully saturated rings. The number of likely N-dealkylation sites (N-methyl/N-ethyl adjacent to an activating group) is 1. The molecule has 0 atom stereocenters. The molecule has 1 aliphatic rings. The summed E-state index contributed by atoms with van der Waals surface area (Å²) in [7, 11) is 0. The van der Waals surface area contributed by atoms with Crippen LogP contribution in [0, 0.1) is 0 Å². The van der Waals surface area contributed by atoms with Gasteiger partial charge in [0.15, 0.2) is 5.96 Å². The van der Waals surface area contributed by atoms with Crippen LogP contribution in [-0.4, -0.2) is 30.5 Å². The Balaban J connectivity index is 0.00000192. The first kappa shape index (κ1) is 17.3. The van der Waals surface area contributed by atoms with Crippen molar-refractivity contribution >= 4 is 22.9 Å². The number of para-hydroxylation sites is 1. The number of benzene rings is 2. The Morgan fingerprint density at radius 3 is 2.65 bits per heavy atom. The molecule has 0 aromatic heterocycles. The Kier molecular flexibility index (Phi) is 6.47. The number of halogens is 1. The molecule has 4 nitrogen and oxygen atoms in total. The van der Waals surface area contributed by atoms with Gasteiger partial charge in [0.25, 0.3) is 0 Å². The van der Waals surface area contributed by atoms with Gasteiger partial charge >= 0.3 is 0 Å². The predicted octanol–water partition coefficient (Wildman–Crippen LogP) is 3.84. The van der Waals surface area contributed by atoms with Crippen molar-refractivity contribution in [3.05, 3.63) is 60.2 Å². The van der Waals surface area contributed by atoms with Crippen LogP contribution in [0.1, 0.15) is 12.5 Å². The molecular formula is C18H22BrN3O. The second-order valence-electron chi connectivity index (χ2n) is 5.20.